The normalized spacial score (nSPS) is 14.9. The van der Waals surface area contributed by atoms with E-state index in [4.69, 9.17) is 4.74 Å². The van der Waals surface area contributed by atoms with E-state index in [-0.39, 0.29) is 11.9 Å². The third-order valence-corrected chi connectivity index (χ3v) is 4.32. The van der Waals surface area contributed by atoms with Crippen LogP contribution in [0.2, 0.25) is 0 Å². The van der Waals surface area contributed by atoms with Crippen LogP contribution >= 0.6 is 0 Å². The molecule has 1 heterocycles. The van der Waals surface area contributed by atoms with Gasteiger partial charge in [0.05, 0.1) is 6.61 Å². The fraction of sp³-hybridized carbons (Fsp3) is 0.182. The number of nitrogens with zero attached hydrogens (tertiary/aromatic N) is 1. The molecule has 1 amide bonds. The second-order valence-electron chi connectivity index (χ2n) is 6.13. The fourth-order valence-corrected chi connectivity index (χ4v) is 2.92. The molecule has 132 valence electrons. The van der Waals surface area contributed by atoms with Crippen LogP contribution in [0.5, 0.6) is 0 Å². The molecule has 0 unspecified atom stereocenters. The molecule has 0 saturated carbocycles. The van der Waals surface area contributed by atoms with Crippen molar-refractivity contribution in [3.8, 4) is 0 Å². The minimum absolute atomic E-state index is 0.143. The Morgan fingerprint density at radius 1 is 0.923 bits per heavy atom. The number of ether oxygens (including phenoxy) is 1. The first-order valence-electron chi connectivity index (χ1n) is 8.62. The Kier molecular flexibility index (Phi) is 5.32. The fourth-order valence-electron chi connectivity index (χ4n) is 2.92. The van der Waals surface area contributed by atoms with E-state index in [9.17, 15) is 9.59 Å². The molecule has 1 aliphatic rings. The molecule has 0 radical (unpaired) electrons. The molecule has 0 N–H and O–H groups in total. The molecule has 0 atom stereocenters. The largest absolute Gasteiger partial charge is 0.465 e. The molecular weight excluding hydrogens is 326 g/mol. The second-order valence-corrected chi connectivity index (χ2v) is 6.13. The van der Waals surface area contributed by atoms with E-state index in [0.29, 0.717) is 18.6 Å². The monoisotopic (exact) mass is 347 g/mol. The molecule has 26 heavy (non-hydrogen) atoms. The first-order valence-corrected chi connectivity index (χ1v) is 8.62. The Morgan fingerprint density at radius 3 is 2.08 bits per heavy atom. The van der Waals surface area contributed by atoms with Crippen LogP contribution < -0.4 is 0 Å². The summed E-state index contributed by atoms with van der Waals surface area (Å²) in [4.78, 5) is 26.7. The third kappa shape index (κ3) is 3.75. The number of carbonyl (C=O) groups is 2. The number of benzene rings is 2. The average Bonchev–Trinajstić information content (AvgIpc) is 2.69. The van der Waals surface area contributed by atoms with Gasteiger partial charge in [-0.05, 0) is 43.2 Å². The minimum atomic E-state index is -0.912. The van der Waals surface area contributed by atoms with Gasteiger partial charge in [0.25, 0.3) is 5.91 Å². The van der Waals surface area contributed by atoms with Crippen molar-refractivity contribution in [1.82, 2.24) is 4.90 Å². The maximum absolute atomic E-state index is 12.6. The van der Waals surface area contributed by atoms with Gasteiger partial charge < -0.3 is 4.74 Å². The highest BCUT2D eigenvalue weighted by atomic mass is 16.5. The highest BCUT2D eigenvalue weighted by Gasteiger charge is 2.37. The van der Waals surface area contributed by atoms with E-state index < -0.39 is 5.41 Å². The summed E-state index contributed by atoms with van der Waals surface area (Å²) in [6.07, 6.45) is 7.27. The Bertz CT molecular complexity index is 811. The molecule has 4 nitrogen and oxygen atoms in total. The SMILES string of the molecule is CCOC(=O)C1(Cc2ccccc2)C=CN(C(=O)c2ccccc2)C=C1. The van der Waals surface area contributed by atoms with Crippen LogP contribution in [-0.4, -0.2) is 23.4 Å². The van der Waals surface area contributed by atoms with Crippen molar-refractivity contribution >= 4 is 11.9 Å². The summed E-state index contributed by atoms with van der Waals surface area (Å²) in [5.74, 6) is -0.460. The van der Waals surface area contributed by atoms with Crippen molar-refractivity contribution in [2.45, 2.75) is 13.3 Å². The van der Waals surface area contributed by atoms with Crippen molar-refractivity contribution in [1.29, 1.82) is 0 Å². The zero-order chi connectivity index (χ0) is 18.4. The zero-order valence-electron chi connectivity index (χ0n) is 14.7. The van der Waals surface area contributed by atoms with Gasteiger partial charge in [-0.2, -0.15) is 0 Å². The molecule has 0 fully saturated rings. The summed E-state index contributed by atoms with van der Waals surface area (Å²) in [6, 6.07) is 18.8. The maximum Gasteiger partial charge on any atom is 0.320 e. The van der Waals surface area contributed by atoms with Crippen molar-refractivity contribution in [2.75, 3.05) is 6.61 Å². The number of rotatable bonds is 5. The number of esters is 1. The van der Waals surface area contributed by atoms with E-state index in [1.807, 2.05) is 48.5 Å². The van der Waals surface area contributed by atoms with Crippen molar-refractivity contribution in [3.05, 3.63) is 96.3 Å². The van der Waals surface area contributed by atoms with Gasteiger partial charge in [-0.25, -0.2) is 0 Å². The van der Waals surface area contributed by atoms with Gasteiger partial charge in [0, 0.05) is 18.0 Å². The molecule has 0 aliphatic carbocycles. The van der Waals surface area contributed by atoms with Gasteiger partial charge in [0.2, 0.25) is 0 Å². The predicted molar refractivity (Wildman–Crippen MR) is 100 cm³/mol. The lowest BCUT2D eigenvalue weighted by molar-refractivity contribution is -0.150. The Morgan fingerprint density at radius 2 is 1.50 bits per heavy atom. The molecule has 4 heteroatoms. The summed E-state index contributed by atoms with van der Waals surface area (Å²) in [5.41, 5.74) is 0.705. The lowest BCUT2D eigenvalue weighted by Crippen LogP contribution is -2.35. The van der Waals surface area contributed by atoms with Gasteiger partial charge in [-0.15, -0.1) is 0 Å². The summed E-state index contributed by atoms with van der Waals surface area (Å²) in [5, 5.41) is 0. The molecule has 0 bridgehead atoms. The molecule has 0 aromatic heterocycles. The molecule has 1 aliphatic heterocycles. The van der Waals surface area contributed by atoms with Crippen LogP contribution in [-0.2, 0) is 16.0 Å². The first-order chi connectivity index (χ1) is 12.6. The number of hydrogen-bond acceptors (Lipinski definition) is 3. The molecule has 0 spiro atoms. The van der Waals surface area contributed by atoms with Crippen LogP contribution in [0, 0.1) is 5.41 Å². The zero-order valence-corrected chi connectivity index (χ0v) is 14.7. The number of amides is 1. The van der Waals surface area contributed by atoms with Crippen LogP contribution in [0.25, 0.3) is 0 Å². The predicted octanol–water partition coefficient (Wildman–Crippen LogP) is 3.96. The van der Waals surface area contributed by atoms with Crippen LogP contribution in [0.4, 0.5) is 0 Å². The Hall–Kier alpha value is -3.14. The maximum atomic E-state index is 12.6. The van der Waals surface area contributed by atoms with Crippen LogP contribution in [0.1, 0.15) is 22.8 Å². The van der Waals surface area contributed by atoms with Gasteiger partial charge >= 0.3 is 5.97 Å². The number of hydrogen-bond donors (Lipinski definition) is 0. The van der Waals surface area contributed by atoms with Crippen LogP contribution in [0.15, 0.2) is 85.2 Å². The third-order valence-electron chi connectivity index (χ3n) is 4.32. The van der Waals surface area contributed by atoms with E-state index >= 15 is 0 Å². The second kappa shape index (κ2) is 7.83. The summed E-state index contributed by atoms with van der Waals surface area (Å²) < 4.78 is 5.29. The van der Waals surface area contributed by atoms with Crippen molar-refractivity contribution < 1.29 is 14.3 Å². The van der Waals surface area contributed by atoms with Gasteiger partial charge in [-0.3, -0.25) is 14.5 Å². The molecular formula is C22H21NO3. The van der Waals surface area contributed by atoms with Crippen molar-refractivity contribution in [3.63, 3.8) is 0 Å². The van der Waals surface area contributed by atoms with Crippen molar-refractivity contribution in [2.24, 2.45) is 5.41 Å². The van der Waals surface area contributed by atoms with Gasteiger partial charge in [0.15, 0.2) is 0 Å². The lowest BCUT2D eigenvalue weighted by Gasteiger charge is -2.30. The Balaban J connectivity index is 1.85. The van der Waals surface area contributed by atoms with E-state index in [1.54, 1.807) is 43.6 Å². The standard InChI is InChI=1S/C22H21NO3/c1-2-26-21(25)22(17-18-9-5-3-6-10-18)13-15-23(16-14-22)20(24)19-11-7-4-8-12-19/h3-16H,2,17H2,1H3. The smallest absolute Gasteiger partial charge is 0.320 e. The number of carbonyl (C=O) groups excluding carboxylic acids is 2. The lowest BCUT2D eigenvalue weighted by atomic mass is 9.80. The van der Waals surface area contributed by atoms with E-state index in [2.05, 4.69) is 0 Å². The summed E-state index contributed by atoms with van der Waals surface area (Å²) >= 11 is 0. The summed E-state index contributed by atoms with van der Waals surface area (Å²) in [7, 11) is 0. The van der Waals surface area contributed by atoms with Gasteiger partial charge in [0.1, 0.15) is 5.41 Å². The average molecular weight is 347 g/mol. The topological polar surface area (TPSA) is 46.6 Å². The molecule has 2 aromatic rings. The van der Waals surface area contributed by atoms with Gasteiger partial charge in [-0.1, -0.05) is 48.5 Å². The van der Waals surface area contributed by atoms with E-state index in [1.165, 1.54) is 4.90 Å². The molecule has 0 saturated heterocycles. The minimum Gasteiger partial charge on any atom is -0.465 e. The first kappa shape index (κ1) is 17.7. The molecule has 3 rings (SSSR count). The van der Waals surface area contributed by atoms with Crippen LogP contribution in [0.3, 0.4) is 0 Å². The molecule has 2 aromatic carbocycles. The van der Waals surface area contributed by atoms with E-state index in [0.717, 1.165) is 5.56 Å². The highest BCUT2D eigenvalue weighted by Crippen LogP contribution is 2.32. The Labute approximate surface area is 153 Å². The summed E-state index contributed by atoms with van der Waals surface area (Å²) in [6.45, 7) is 2.10. The quantitative estimate of drug-likeness (QED) is 0.769. The highest BCUT2D eigenvalue weighted by molar-refractivity contribution is 5.96.